The van der Waals surface area contributed by atoms with E-state index < -0.39 is 6.04 Å². The molecule has 0 saturated carbocycles. The highest BCUT2D eigenvalue weighted by Gasteiger charge is 2.17. The van der Waals surface area contributed by atoms with Crippen molar-refractivity contribution in [2.45, 2.75) is 31.8 Å². The zero-order valence-electron chi connectivity index (χ0n) is 12.8. The lowest BCUT2D eigenvalue weighted by atomic mass is 9.99. The molecule has 0 aliphatic rings. The minimum absolute atomic E-state index is 0. The summed E-state index contributed by atoms with van der Waals surface area (Å²) in [6.45, 7) is 2.54. The van der Waals surface area contributed by atoms with Crippen LogP contribution in [0.25, 0.3) is 10.8 Å². The molecule has 4 nitrogen and oxygen atoms in total. The number of carbonyl (C=O) groups is 1. The summed E-state index contributed by atoms with van der Waals surface area (Å²) in [6, 6.07) is 13.7. The van der Waals surface area contributed by atoms with Crippen molar-refractivity contribution >= 4 is 29.1 Å². The Kier molecular flexibility index (Phi) is 7.32. The molecule has 2 aromatic carbocycles. The number of fused-ring (bicyclic) bond motifs is 1. The molecule has 0 spiro atoms. The smallest absolute Gasteiger partial charge is 0.237 e. The molecule has 0 heterocycles. The Morgan fingerprint density at radius 3 is 2.59 bits per heavy atom. The molecule has 0 aliphatic carbocycles. The van der Waals surface area contributed by atoms with Crippen LogP contribution in [0.2, 0.25) is 0 Å². The zero-order chi connectivity index (χ0) is 15.2. The molecule has 22 heavy (non-hydrogen) atoms. The normalized spacial score (nSPS) is 13.2. The second kappa shape index (κ2) is 8.73. The van der Waals surface area contributed by atoms with Crippen molar-refractivity contribution in [2.24, 2.45) is 11.5 Å². The van der Waals surface area contributed by atoms with Gasteiger partial charge in [0.05, 0.1) is 12.1 Å². The lowest BCUT2D eigenvalue weighted by molar-refractivity contribution is -0.123. The number of hydrogen-bond acceptors (Lipinski definition) is 3. The van der Waals surface area contributed by atoms with E-state index in [0.717, 1.165) is 17.4 Å². The third-order valence-corrected chi connectivity index (χ3v) is 3.70. The summed E-state index contributed by atoms with van der Waals surface area (Å²) in [7, 11) is 0. The van der Waals surface area contributed by atoms with Gasteiger partial charge in [-0.3, -0.25) is 4.79 Å². The summed E-state index contributed by atoms with van der Waals surface area (Å²) in [6.07, 6.45) is 1.38. The van der Waals surface area contributed by atoms with Gasteiger partial charge >= 0.3 is 0 Å². The maximum absolute atomic E-state index is 12.1. The van der Waals surface area contributed by atoms with Crippen LogP contribution in [0.3, 0.4) is 0 Å². The first kappa shape index (κ1) is 18.4. The predicted molar refractivity (Wildman–Crippen MR) is 94.0 cm³/mol. The summed E-state index contributed by atoms with van der Waals surface area (Å²) < 4.78 is 0. The number of rotatable bonds is 6. The van der Waals surface area contributed by atoms with Gasteiger partial charge in [0.25, 0.3) is 0 Å². The lowest BCUT2D eigenvalue weighted by Gasteiger charge is -2.19. The minimum Gasteiger partial charge on any atom is -0.348 e. The zero-order valence-corrected chi connectivity index (χ0v) is 13.6. The average molecular weight is 322 g/mol. The Labute approximate surface area is 137 Å². The molecule has 2 atom stereocenters. The fourth-order valence-corrected chi connectivity index (χ4v) is 2.50. The van der Waals surface area contributed by atoms with Gasteiger partial charge in [0.2, 0.25) is 5.91 Å². The van der Waals surface area contributed by atoms with Gasteiger partial charge in [-0.2, -0.15) is 0 Å². The van der Waals surface area contributed by atoms with Crippen molar-refractivity contribution < 1.29 is 4.79 Å². The number of nitrogens with one attached hydrogen (secondary N) is 1. The van der Waals surface area contributed by atoms with Gasteiger partial charge in [0.15, 0.2) is 0 Å². The molecule has 2 rings (SSSR count). The minimum atomic E-state index is -0.494. The molecule has 0 aromatic heterocycles. The molecule has 0 fully saturated rings. The molecule has 5 heteroatoms. The van der Waals surface area contributed by atoms with E-state index in [4.69, 9.17) is 11.5 Å². The molecular weight excluding hydrogens is 298 g/mol. The summed E-state index contributed by atoms with van der Waals surface area (Å²) >= 11 is 0. The Morgan fingerprint density at radius 2 is 1.86 bits per heavy atom. The summed E-state index contributed by atoms with van der Waals surface area (Å²) in [5, 5.41) is 5.32. The molecule has 0 aliphatic heterocycles. The highest BCUT2D eigenvalue weighted by molar-refractivity contribution is 5.87. The molecule has 1 amide bonds. The van der Waals surface area contributed by atoms with Gasteiger partial charge in [-0.05, 0) is 42.6 Å². The third-order valence-electron chi connectivity index (χ3n) is 3.70. The van der Waals surface area contributed by atoms with Gasteiger partial charge in [-0.15, -0.1) is 12.4 Å². The fraction of sp³-hybridized carbons (Fsp3) is 0.353. The molecule has 5 N–H and O–H groups in total. The van der Waals surface area contributed by atoms with Crippen molar-refractivity contribution in [3.8, 4) is 0 Å². The number of halogens is 1. The first-order chi connectivity index (χ1) is 10.1. The first-order valence-corrected chi connectivity index (χ1v) is 7.37. The summed E-state index contributed by atoms with van der Waals surface area (Å²) in [5.74, 6) is -0.121. The van der Waals surface area contributed by atoms with Crippen LogP contribution in [0.5, 0.6) is 0 Å². The molecule has 1 unspecified atom stereocenters. The second-order valence-electron chi connectivity index (χ2n) is 5.34. The number of benzene rings is 2. The topological polar surface area (TPSA) is 81.1 Å². The van der Waals surface area contributed by atoms with Gasteiger partial charge in [0, 0.05) is 0 Å². The van der Waals surface area contributed by atoms with Crippen LogP contribution in [0, 0.1) is 0 Å². The van der Waals surface area contributed by atoms with Crippen molar-refractivity contribution in [3.05, 3.63) is 48.0 Å². The van der Waals surface area contributed by atoms with Crippen molar-refractivity contribution in [3.63, 3.8) is 0 Å². The Balaban J connectivity index is 0.00000242. The monoisotopic (exact) mass is 321 g/mol. The van der Waals surface area contributed by atoms with E-state index in [1.54, 1.807) is 0 Å². The predicted octanol–water partition coefficient (Wildman–Crippen LogP) is 2.51. The highest BCUT2D eigenvalue weighted by Crippen LogP contribution is 2.24. The van der Waals surface area contributed by atoms with Gasteiger partial charge in [0.1, 0.15) is 0 Å². The molecule has 2 aromatic rings. The third kappa shape index (κ3) is 4.44. The van der Waals surface area contributed by atoms with E-state index in [1.807, 2.05) is 31.2 Å². The highest BCUT2D eigenvalue weighted by atomic mass is 35.5. The number of carbonyl (C=O) groups excluding carboxylic acids is 1. The first-order valence-electron chi connectivity index (χ1n) is 7.37. The van der Waals surface area contributed by atoms with Crippen LogP contribution in [0.15, 0.2) is 42.5 Å². The van der Waals surface area contributed by atoms with Crippen LogP contribution in [-0.4, -0.2) is 18.5 Å². The van der Waals surface area contributed by atoms with E-state index in [9.17, 15) is 4.79 Å². The molecule has 120 valence electrons. The van der Waals surface area contributed by atoms with Crippen LogP contribution in [0.1, 0.15) is 31.4 Å². The van der Waals surface area contributed by atoms with Gasteiger partial charge in [-0.25, -0.2) is 0 Å². The quantitative estimate of drug-likeness (QED) is 0.764. The lowest BCUT2D eigenvalue weighted by Crippen LogP contribution is -2.41. The van der Waals surface area contributed by atoms with E-state index in [1.165, 1.54) is 5.39 Å². The maximum atomic E-state index is 12.1. The number of amides is 1. The number of hydrogen-bond donors (Lipinski definition) is 3. The van der Waals surface area contributed by atoms with Crippen molar-refractivity contribution in [1.82, 2.24) is 5.32 Å². The Hall–Kier alpha value is -1.62. The van der Waals surface area contributed by atoms with Crippen molar-refractivity contribution in [2.75, 3.05) is 6.54 Å². The standard InChI is InChI=1S/C17H23N3O.ClH/c1-12(20-17(21)16(19)10-5-11-18)14-9-4-7-13-6-2-3-8-15(13)14;/h2-4,6-9,12,16H,5,10-11,18-19H2,1H3,(H,20,21);1H/t12?,16-;/m1./s1. The van der Waals surface area contributed by atoms with E-state index in [0.29, 0.717) is 13.0 Å². The Morgan fingerprint density at radius 1 is 1.18 bits per heavy atom. The summed E-state index contributed by atoms with van der Waals surface area (Å²) in [5.41, 5.74) is 12.4. The van der Waals surface area contributed by atoms with E-state index >= 15 is 0 Å². The molecular formula is C17H24ClN3O. The van der Waals surface area contributed by atoms with Crippen LogP contribution in [0.4, 0.5) is 0 Å². The van der Waals surface area contributed by atoms with E-state index in [2.05, 4.69) is 23.5 Å². The van der Waals surface area contributed by atoms with Crippen LogP contribution < -0.4 is 16.8 Å². The van der Waals surface area contributed by atoms with Crippen molar-refractivity contribution in [1.29, 1.82) is 0 Å². The molecule has 0 bridgehead atoms. The van der Waals surface area contributed by atoms with Crippen LogP contribution >= 0.6 is 12.4 Å². The number of nitrogens with two attached hydrogens (primary N) is 2. The van der Waals surface area contributed by atoms with Gasteiger partial charge in [-0.1, -0.05) is 42.5 Å². The average Bonchev–Trinajstić information content (AvgIpc) is 2.51. The largest absolute Gasteiger partial charge is 0.348 e. The second-order valence-corrected chi connectivity index (χ2v) is 5.34. The van der Waals surface area contributed by atoms with E-state index in [-0.39, 0.29) is 24.4 Å². The van der Waals surface area contributed by atoms with Crippen LogP contribution in [-0.2, 0) is 4.79 Å². The molecule has 0 saturated heterocycles. The fourth-order valence-electron chi connectivity index (χ4n) is 2.50. The summed E-state index contributed by atoms with van der Waals surface area (Å²) in [4.78, 5) is 12.1. The molecule has 0 radical (unpaired) electrons. The SMILES string of the molecule is CC(NC(=O)[C@H](N)CCCN)c1cccc2ccccc12.Cl. The Bertz CT molecular complexity index is 612. The maximum Gasteiger partial charge on any atom is 0.237 e. The van der Waals surface area contributed by atoms with Gasteiger partial charge < -0.3 is 16.8 Å².